The number of hydrogen-bond donors (Lipinski definition) is 0. The van der Waals surface area contributed by atoms with E-state index in [1.54, 1.807) is 6.92 Å². The number of fused-ring (bicyclic) bond motifs is 1. The number of anilines is 2. The van der Waals surface area contributed by atoms with E-state index in [1.165, 1.54) is 16.8 Å². The Kier molecular flexibility index (Phi) is 3.31. The summed E-state index contributed by atoms with van der Waals surface area (Å²) < 4.78 is 0. The summed E-state index contributed by atoms with van der Waals surface area (Å²) in [6, 6.07) is 14.5. The van der Waals surface area contributed by atoms with E-state index in [4.69, 9.17) is 0 Å². The van der Waals surface area contributed by atoms with E-state index >= 15 is 0 Å². The maximum Gasteiger partial charge on any atom is 0.161 e. The first-order valence-corrected chi connectivity index (χ1v) is 7.14. The lowest BCUT2D eigenvalue weighted by Crippen LogP contribution is -2.26. The van der Waals surface area contributed by atoms with Crippen LogP contribution in [-0.2, 0) is 6.42 Å². The van der Waals surface area contributed by atoms with Crippen LogP contribution in [0.25, 0.3) is 0 Å². The standard InChI is InChI=1S/C18H19NO/c1-13-9-10-17-15(12-13)6-5-11-19(17)18-8-4-3-7-16(18)14(2)20/h3-4,7-10,12H,5-6,11H2,1-2H3. The van der Waals surface area contributed by atoms with Gasteiger partial charge in [0.1, 0.15) is 0 Å². The van der Waals surface area contributed by atoms with Gasteiger partial charge >= 0.3 is 0 Å². The molecule has 2 aromatic carbocycles. The van der Waals surface area contributed by atoms with E-state index in [0.29, 0.717) is 0 Å². The summed E-state index contributed by atoms with van der Waals surface area (Å²) in [6.07, 6.45) is 2.25. The molecule has 0 radical (unpaired) electrons. The first-order valence-electron chi connectivity index (χ1n) is 7.14. The predicted octanol–water partition coefficient (Wildman–Crippen LogP) is 4.28. The Morgan fingerprint density at radius 2 is 1.90 bits per heavy atom. The molecule has 0 N–H and O–H groups in total. The molecule has 0 aromatic heterocycles. The Morgan fingerprint density at radius 3 is 2.70 bits per heavy atom. The maximum atomic E-state index is 11.8. The van der Waals surface area contributed by atoms with Gasteiger partial charge in [-0.3, -0.25) is 4.79 Å². The average Bonchev–Trinajstić information content (AvgIpc) is 2.46. The Hall–Kier alpha value is -2.09. The van der Waals surface area contributed by atoms with Crippen molar-refractivity contribution >= 4 is 17.2 Å². The van der Waals surface area contributed by atoms with Crippen molar-refractivity contribution in [3.05, 3.63) is 59.2 Å². The van der Waals surface area contributed by atoms with Crippen LogP contribution >= 0.6 is 0 Å². The minimum atomic E-state index is 0.125. The zero-order valence-corrected chi connectivity index (χ0v) is 12.0. The highest BCUT2D eigenvalue weighted by molar-refractivity contribution is 6.00. The van der Waals surface area contributed by atoms with Gasteiger partial charge in [0.25, 0.3) is 0 Å². The molecule has 2 heteroatoms. The fraction of sp³-hybridized carbons (Fsp3) is 0.278. The molecule has 0 unspecified atom stereocenters. The van der Waals surface area contributed by atoms with Gasteiger partial charge in [0.2, 0.25) is 0 Å². The molecule has 2 aromatic rings. The number of Topliss-reactive ketones (excluding diaryl/α,β-unsaturated/α-hetero) is 1. The van der Waals surface area contributed by atoms with E-state index in [2.05, 4.69) is 30.0 Å². The predicted molar refractivity (Wildman–Crippen MR) is 83.0 cm³/mol. The van der Waals surface area contributed by atoms with Gasteiger partial charge in [-0.05, 0) is 50.5 Å². The second kappa shape index (κ2) is 5.12. The average molecular weight is 265 g/mol. The lowest BCUT2D eigenvalue weighted by molar-refractivity contribution is 0.101. The van der Waals surface area contributed by atoms with Gasteiger partial charge in [0.15, 0.2) is 5.78 Å². The number of carbonyl (C=O) groups is 1. The quantitative estimate of drug-likeness (QED) is 0.755. The van der Waals surface area contributed by atoms with Gasteiger partial charge in [-0.15, -0.1) is 0 Å². The van der Waals surface area contributed by atoms with Crippen LogP contribution in [0.15, 0.2) is 42.5 Å². The monoisotopic (exact) mass is 265 g/mol. The molecule has 0 saturated carbocycles. The Balaban J connectivity index is 2.12. The largest absolute Gasteiger partial charge is 0.341 e. The number of carbonyl (C=O) groups excluding carboxylic acids is 1. The van der Waals surface area contributed by atoms with Gasteiger partial charge in [0.05, 0.1) is 5.69 Å². The fourth-order valence-electron chi connectivity index (χ4n) is 2.98. The summed E-state index contributed by atoms with van der Waals surface area (Å²) in [6.45, 7) is 4.74. The van der Waals surface area contributed by atoms with Crippen LogP contribution < -0.4 is 4.90 Å². The number of benzene rings is 2. The second-order valence-corrected chi connectivity index (χ2v) is 5.46. The fourth-order valence-corrected chi connectivity index (χ4v) is 2.98. The molecule has 0 spiro atoms. The van der Waals surface area contributed by atoms with Crippen LogP contribution in [0, 0.1) is 6.92 Å². The van der Waals surface area contributed by atoms with Crippen LogP contribution in [0.1, 0.15) is 34.8 Å². The third-order valence-electron chi connectivity index (χ3n) is 3.93. The normalized spacial score (nSPS) is 14.0. The Morgan fingerprint density at radius 1 is 1.10 bits per heavy atom. The maximum absolute atomic E-state index is 11.8. The van der Waals surface area contributed by atoms with Crippen molar-refractivity contribution in [2.75, 3.05) is 11.4 Å². The molecule has 0 saturated heterocycles. The molecule has 0 bridgehead atoms. The van der Waals surface area contributed by atoms with E-state index in [-0.39, 0.29) is 5.78 Å². The van der Waals surface area contributed by atoms with Gasteiger partial charge in [-0.1, -0.05) is 29.8 Å². The van der Waals surface area contributed by atoms with Crippen LogP contribution in [0.2, 0.25) is 0 Å². The molecule has 102 valence electrons. The van der Waals surface area contributed by atoms with E-state index < -0.39 is 0 Å². The molecule has 0 amide bonds. The molecule has 2 nitrogen and oxygen atoms in total. The molecule has 1 aliphatic rings. The van der Waals surface area contributed by atoms with Crippen LogP contribution in [-0.4, -0.2) is 12.3 Å². The van der Waals surface area contributed by atoms with Crippen molar-refractivity contribution in [1.29, 1.82) is 0 Å². The van der Waals surface area contributed by atoms with Gasteiger partial charge in [0, 0.05) is 17.8 Å². The summed E-state index contributed by atoms with van der Waals surface area (Å²) in [4.78, 5) is 14.1. The van der Waals surface area contributed by atoms with Crippen LogP contribution in [0.4, 0.5) is 11.4 Å². The summed E-state index contributed by atoms with van der Waals surface area (Å²) in [5, 5.41) is 0. The molecule has 0 aliphatic carbocycles. The smallest absolute Gasteiger partial charge is 0.161 e. The number of para-hydroxylation sites is 1. The van der Waals surface area contributed by atoms with Gasteiger partial charge < -0.3 is 4.90 Å². The second-order valence-electron chi connectivity index (χ2n) is 5.46. The SMILES string of the molecule is CC(=O)c1ccccc1N1CCCc2cc(C)ccc21. The third kappa shape index (κ3) is 2.22. The van der Waals surface area contributed by atoms with E-state index in [1.807, 2.05) is 24.3 Å². The summed E-state index contributed by atoms with van der Waals surface area (Å²) in [5.41, 5.74) is 5.77. The third-order valence-corrected chi connectivity index (χ3v) is 3.93. The highest BCUT2D eigenvalue weighted by atomic mass is 16.1. The topological polar surface area (TPSA) is 20.3 Å². The summed E-state index contributed by atoms with van der Waals surface area (Å²) in [7, 11) is 0. The van der Waals surface area contributed by atoms with Crippen molar-refractivity contribution < 1.29 is 4.79 Å². The lowest BCUT2D eigenvalue weighted by atomic mass is 9.97. The Bertz CT molecular complexity index is 660. The molecule has 1 heterocycles. The molecular formula is C18H19NO. The van der Waals surface area contributed by atoms with Gasteiger partial charge in [-0.25, -0.2) is 0 Å². The summed E-state index contributed by atoms with van der Waals surface area (Å²) in [5.74, 6) is 0.125. The van der Waals surface area contributed by atoms with Crippen molar-refractivity contribution in [3.8, 4) is 0 Å². The van der Waals surface area contributed by atoms with Crippen LogP contribution in [0.5, 0.6) is 0 Å². The number of nitrogens with zero attached hydrogens (tertiary/aromatic N) is 1. The minimum Gasteiger partial charge on any atom is -0.341 e. The molecule has 20 heavy (non-hydrogen) atoms. The number of ketones is 1. The molecular weight excluding hydrogens is 246 g/mol. The number of hydrogen-bond acceptors (Lipinski definition) is 2. The van der Waals surface area contributed by atoms with E-state index in [9.17, 15) is 4.79 Å². The first-order chi connectivity index (χ1) is 9.66. The highest BCUT2D eigenvalue weighted by Gasteiger charge is 2.21. The van der Waals surface area contributed by atoms with Crippen molar-refractivity contribution in [2.45, 2.75) is 26.7 Å². The Labute approximate surface area is 120 Å². The summed E-state index contributed by atoms with van der Waals surface area (Å²) >= 11 is 0. The van der Waals surface area contributed by atoms with Crippen molar-refractivity contribution in [3.63, 3.8) is 0 Å². The lowest BCUT2D eigenvalue weighted by Gasteiger charge is -2.32. The number of aryl methyl sites for hydroxylation is 2. The highest BCUT2D eigenvalue weighted by Crippen LogP contribution is 2.35. The number of rotatable bonds is 2. The molecule has 1 aliphatic heterocycles. The van der Waals surface area contributed by atoms with Crippen molar-refractivity contribution in [1.82, 2.24) is 0 Å². The zero-order chi connectivity index (χ0) is 14.1. The van der Waals surface area contributed by atoms with Gasteiger partial charge in [-0.2, -0.15) is 0 Å². The molecule has 0 fully saturated rings. The molecule has 0 atom stereocenters. The molecule has 3 rings (SSSR count). The minimum absolute atomic E-state index is 0.125. The van der Waals surface area contributed by atoms with Crippen molar-refractivity contribution in [2.24, 2.45) is 0 Å². The van der Waals surface area contributed by atoms with Crippen LogP contribution in [0.3, 0.4) is 0 Å². The first kappa shape index (κ1) is 12.9. The van der Waals surface area contributed by atoms with E-state index in [0.717, 1.165) is 30.6 Å². The zero-order valence-electron chi connectivity index (χ0n) is 12.0.